The molecule has 126 valence electrons. The van der Waals surface area contributed by atoms with Crippen LogP contribution >= 0.6 is 11.6 Å². The van der Waals surface area contributed by atoms with Crippen LogP contribution in [-0.2, 0) is 0 Å². The van der Waals surface area contributed by atoms with Gasteiger partial charge in [-0.15, -0.1) is 0 Å². The highest BCUT2D eigenvalue weighted by atomic mass is 35.5. The van der Waals surface area contributed by atoms with Gasteiger partial charge in [0.15, 0.2) is 0 Å². The van der Waals surface area contributed by atoms with Crippen LogP contribution in [0.5, 0.6) is 0 Å². The minimum atomic E-state index is -2.43. The molecule has 0 fully saturated rings. The highest BCUT2D eigenvalue weighted by Crippen LogP contribution is 2.25. The lowest BCUT2D eigenvalue weighted by atomic mass is 10.2. The Morgan fingerprint density at radius 3 is 2.80 bits per heavy atom. The first-order chi connectivity index (χ1) is 12.1. The van der Waals surface area contributed by atoms with Crippen LogP contribution in [0.25, 0.3) is 27.6 Å². The van der Waals surface area contributed by atoms with E-state index in [-0.39, 0.29) is 0 Å². The van der Waals surface area contributed by atoms with Crippen LogP contribution in [0, 0.1) is 0 Å². The molecule has 0 atom stereocenters. The van der Waals surface area contributed by atoms with Gasteiger partial charge in [-0.1, -0.05) is 17.7 Å². The standard InChI is InChI=1S/C17H12ClF2N5/c18-16-12-5-6-25(17(12)23-9-22-16)11-3-1-10-2-4-15(21-8-14(19)20)24-13(10)7-11/h1-7,9,14H,8H2,(H,21,24). The number of halogens is 3. The second-order valence-electron chi connectivity index (χ2n) is 5.43. The van der Waals surface area contributed by atoms with Gasteiger partial charge in [-0.05, 0) is 30.3 Å². The lowest BCUT2D eigenvalue weighted by Gasteiger charge is -2.09. The number of anilines is 1. The van der Waals surface area contributed by atoms with Gasteiger partial charge < -0.3 is 9.88 Å². The van der Waals surface area contributed by atoms with Gasteiger partial charge in [0.05, 0.1) is 17.4 Å². The molecule has 0 bridgehead atoms. The van der Waals surface area contributed by atoms with Crippen molar-refractivity contribution < 1.29 is 8.78 Å². The van der Waals surface area contributed by atoms with E-state index in [1.54, 1.807) is 6.07 Å². The molecule has 5 nitrogen and oxygen atoms in total. The first-order valence-electron chi connectivity index (χ1n) is 7.52. The summed E-state index contributed by atoms with van der Waals surface area (Å²) >= 11 is 6.09. The number of pyridine rings is 1. The molecule has 0 saturated carbocycles. The number of aromatic nitrogens is 4. The molecule has 4 rings (SSSR count). The summed E-state index contributed by atoms with van der Waals surface area (Å²) in [6.07, 6.45) is 0.831. The number of nitrogens with zero attached hydrogens (tertiary/aromatic N) is 4. The zero-order valence-corrected chi connectivity index (χ0v) is 13.6. The topological polar surface area (TPSA) is 55.6 Å². The molecule has 1 N–H and O–H groups in total. The number of nitrogens with one attached hydrogen (secondary N) is 1. The minimum absolute atomic E-state index is 0.390. The van der Waals surface area contributed by atoms with Crippen molar-refractivity contribution in [2.24, 2.45) is 0 Å². The van der Waals surface area contributed by atoms with Crippen molar-refractivity contribution in [3.63, 3.8) is 0 Å². The van der Waals surface area contributed by atoms with Gasteiger partial charge in [-0.25, -0.2) is 23.7 Å². The lowest BCUT2D eigenvalue weighted by molar-refractivity contribution is 0.163. The van der Waals surface area contributed by atoms with E-state index in [2.05, 4.69) is 20.3 Å². The number of fused-ring (bicyclic) bond motifs is 2. The quantitative estimate of drug-likeness (QED) is 0.552. The zero-order valence-electron chi connectivity index (χ0n) is 12.8. The lowest BCUT2D eigenvalue weighted by Crippen LogP contribution is -2.11. The van der Waals surface area contributed by atoms with Gasteiger partial charge in [-0.3, -0.25) is 0 Å². The van der Waals surface area contributed by atoms with Gasteiger partial charge in [-0.2, -0.15) is 0 Å². The third kappa shape index (κ3) is 2.98. The first-order valence-corrected chi connectivity index (χ1v) is 7.90. The molecule has 25 heavy (non-hydrogen) atoms. The maximum absolute atomic E-state index is 12.3. The molecule has 4 aromatic rings. The second kappa shape index (κ2) is 6.25. The summed E-state index contributed by atoms with van der Waals surface area (Å²) in [6, 6.07) is 11.1. The van der Waals surface area contributed by atoms with E-state index >= 15 is 0 Å². The van der Waals surface area contributed by atoms with E-state index in [4.69, 9.17) is 11.6 Å². The summed E-state index contributed by atoms with van der Waals surface area (Å²) in [4.78, 5) is 12.6. The van der Waals surface area contributed by atoms with E-state index < -0.39 is 13.0 Å². The average molecular weight is 360 g/mol. The van der Waals surface area contributed by atoms with Crippen molar-refractivity contribution in [3.8, 4) is 5.69 Å². The summed E-state index contributed by atoms with van der Waals surface area (Å²) in [7, 11) is 0. The first kappa shape index (κ1) is 15.7. The van der Waals surface area contributed by atoms with E-state index in [1.807, 2.05) is 41.1 Å². The smallest absolute Gasteiger partial charge is 0.255 e. The van der Waals surface area contributed by atoms with Gasteiger partial charge >= 0.3 is 0 Å². The second-order valence-corrected chi connectivity index (χ2v) is 5.79. The Kier molecular flexibility index (Phi) is 3.93. The third-order valence-electron chi connectivity index (χ3n) is 3.82. The predicted molar refractivity (Wildman–Crippen MR) is 93.7 cm³/mol. The highest BCUT2D eigenvalue weighted by Gasteiger charge is 2.09. The Balaban J connectivity index is 1.78. The number of rotatable bonds is 4. The van der Waals surface area contributed by atoms with E-state index in [9.17, 15) is 8.78 Å². The average Bonchev–Trinajstić information content (AvgIpc) is 3.05. The summed E-state index contributed by atoms with van der Waals surface area (Å²) in [5, 5.41) is 4.68. The summed E-state index contributed by atoms with van der Waals surface area (Å²) < 4.78 is 26.6. The van der Waals surface area contributed by atoms with Crippen molar-refractivity contribution in [1.82, 2.24) is 19.5 Å². The van der Waals surface area contributed by atoms with Crippen LogP contribution in [-0.4, -0.2) is 32.5 Å². The number of hydrogen-bond donors (Lipinski definition) is 1. The predicted octanol–water partition coefficient (Wildman–Crippen LogP) is 4.30. The monoisotopic (exact) mass is 359 g/mol. The molecule has 3 aromatic heterocycles. The molecule has 0 aliphatic carbocycles. The maximum Gasteiger partial charge on any atom is 0.255 e. The molecule has 0 unspecified atom stereocenters. The van der Waals surface area contributed by atoms with Crippen molar-refractivity contribution in [3.05, 3.63) is 54.1 Å². The molecule has 0 amide bonds. The SMILES string of the molecule is FC(F)CNc1ccc2ccc(-n3ccc4c(Cl)ncnc43)cc2n1. The van der Waals surface area contributed by atoms with Crippen molar-refractivity contribution in [2.45, 2.75) is 6.43 Å². The van der Waals surface area contributed by atoms with Crippen molar-refractivity contribution >= 4 is 39.4 Å². The van der Waals surface area contributed by atoms with Crippen LogP contribution in [0.1, 0.15) is 0 Å². The largest absolute Gasteiger partial charge is 0.364 e. The molecule has 1 aromatic carbocycles. The molecule has 3 heterocycles. The number of hydrogen-bond acceptors (Lipinski definition) is 4. The normalized spacial score (nSPS) is 11.5. The Hall–Kier alpha value is -2.80. The van der Waals surface area contributed by atoms with Crippen LogP contribution < -0.4 is 5.32 Å². The van der Waals surface area contributed by atoms with Crippen molar-refractivity contribution in [2.75, 3.05) is 11.9 Å². The Morgan fingerprint density at radius 1 is 1.12 bits per heavy atom. The van der Waals surface area contributed by atoms with E-state index in [0.717, 1.165) is 16.5 Å². The van der Waals surface area contributed by atoms with Crippen LogP contribution in [0.3, 0.4) is 0 Å². The summed E-state index contributed by atoms with van der Waals surface area (Å²) in [5.74, 6) is 0.410. The Morgan fingerprint density at radius 2 is 1.96 bits per heavy atom. The van der Waals surface area contributed by atoms with Gasteiger partial charge in [0.25, 0.3) is 6.43 Å². The third-order valence-corrected chi connectivity index (χ3v) is 4.13. The maximum atomic E-state index is 12.3. The molecule has 0 aliphatic rings. The van der Waals surface area contributed by atoms with Crippen LogP contribution in [0.2, 0.25) is 5.15 Å². The Bertz CT molecular complexity index is 1060. The molecular weight excluding hydrogens is 348 g/mol. The zero-order chi connectivity index (χ0) is 17.4. The van der Waals surface area contributed by atoms with E-state index in [0.29, 0.717) is 22.1 Å². The van der Waals surface area contributed by atoms with Gasteiger partial charge in [0.1, 0.15) is 22.9 Å². The molecule has 0 saturated heterocycles. The van der Waals surface area contributed by atoms with Gasteiger partial charge in [0, 0.05) is 17.3 Å². The number of alkyl halides is 2. The van der Waals surface area contributed by atoms with Gasteiger partial charge in [0.2, 0.25) is 0 Å². The Labute approximate surface area is 146 Å². The highest BCUT2D eigenvalue weighted by molar-refractivity contribution is 6.33. The summed E-state index contributed by atoms with van der Waals surface area (Å²) in [5.41, 5.74) is 2.22. The fourth-order valence-electron chi connectivity index (χ4n) is 2.66. The number of benzene rings is 1. The molecule has 0 radical (unpaired) electrons. The van der Waals surface area contributed by atoms with Crippen molar-refractivity contribution in [1.29, 1.82) is 0 Å². The molecular formula is C17H12ClF2N5. The minimum Gasteiger partial charge on any atom is -0.364 e. The van der Waals surface area contributed by atoms with Crippen LogP contribution in [0.15, 0.2) is 48.9 Å². The molecule has 8 heteroatoms. The fourth-order valence-corrected chi connectivity index (χ4v) is 2.86. The van der Waals surface area contributed by atoms with Crippen LogP contribution in [0.4, 0.5) is 14.6 Å². The molecule has 0 spiro atoms. The fraction of sp³-hybridized carbons (Fsp3) is 0.118. The molecule has 0 aliphatic heterocycles. The van der Waals surface area contributed by atoms with E-state index in [1.165, 1.54) is 6.33 Å². The summed E-state index contributed by atoms with van der Waals surface area (Å²) in [6.45, 7) is -0.435.